The van der Waals surface area contributed by atoms with Crippen LogP contribution in [0.15, 0.2) is 30.9 Å². The van der Waals surface area contributed by atoms with E-state index in [-0.39, 0.29) is 30.4 Å². The van der Waals surface area contributed by atoms with Crippen LogP contribution in [0.2, 0.25) is 0 Å². The zero-order valence-corrected chi connectivity index (χ0v) is 21.5. The quantitative estimate of drug-likeness (QED) is 0.379. The van der Waals surface area contributed by atoms with Gasteiger partial charge in [0.25, 0.3) is 0 Å². The minimum atomic E-state index is -1.02. The lowest BCUT2D eigenvalue weighted by molar-refractivity contribution is -0.149. The van der Waals surface area contributed by atoms with Crippen molar-refractivity contribution in [1.82, 2.24) is 10.2 Å². The number of carbonyl (C=O) groups is 3. The topological polar surface area (TPSA) is 111 Å². The third-order valence-corrected chi connectivity index (χ3v) is 7.65. The molecule has 3 atom stereocenters. The van der Waals surface area contributed by atoms with Crippen LogP contribution in [-0.4, -0.2) is 59.6 Å². The maximum atomic E-state index is 13.4. The number of fused-ring (bicyclic) bond motifs is 1. The average Bonchev–Trinajstić information content (AvgIpc) is 3.53. The van der Waals surface area contributed by atoms with Crippen LogP contribution >= 0.6 is 0 Å². The van der Waals surface area contributed by atoms with Crippen molar-refractivity contribution in [2.24, 2.45) is 11.7 Å². The number of nitrogens with one attached hydrogen (secondary N) is 1. The maximum Gasteiger partial charge on any atom is 0.332 e. The molecule has 1 heterocycles. The Hall–Kier alpha value is -2.71. The molecule has 2 aliphatic carbocycles. The predicted octanol–water partition coefficient (Wildman–Crippen LogP) is 2.41. The van der Waals surface area contributed by atoms with Gasteiger partial charge in [0.05, 0.1) is 18.8 Å². The fraction of sp³-hybridized carbons (Fsp3) is 0.607. The van der Waals surface area contributed by atoms with E-state index in [0.29, 0.717) is 32.4 Å². The summed E-state index contributed by atoms with van der Waals surface area (Å²) in [6.07, 6.45) is 7.13. The van der Waals surface area contributed by atoms with E-state index < -0.39 is 23.6 Å². The molecule has 4 rings (SSSR count). The smallest absolute Gasteiger partial charge is 0.332 e. The lowest BCUT2D eigenvalue weighted by Crippen LogP contribution is -2.55. The zero-order valence-electron chi connectivity index (χ0n) is 21.5. The molecule has 0 aromatic heterocycles. The Morgan fingerprint density at radius 3 is 2.69 bits per heavy atom. The van der Waals surface area contributed by atoms with Gasteiger partial charge in [-0.25, -0.2) is 4.79 Å². The average molecular weight is 498 g/mol. The van der Waals surface area contributed by atoms with Crippen LogP contribution in [0.3, 0.4) is 0 Å². The molecule has 196 valence electrons. The number of esters is 1. The summed E-state index contributed by atoms with van der Waals surface area (Å²) < 4.78 is 11.5. The Kier molecular flexibility index (Phi) is 8.15. The second-order valence-electron chi connectivity index (χ2n) is 10.7. The van der Waals surface area contributed by atoms with Gasteiger partial charge in [0, 0.05) is 13.0 Å². The first-order chi connectivity index (χ1) is 17.3. The number of rotatable bonds is 10. The minimum absolute atomic E-state index is 0.0688. The van der Waals surface area contributed by atoms with Gasteiger partial charge in [-0.2, -0.15) is 0 Å². The molecule has 2 fully saturated rings. The summed E-state index contributed by atoms with van der Waals surface area (Å²) in [6, 6.07) is 4.91. The minimum Gasteiger partial charge on any atom is -0.460 e. The monoisotopic (exact) mass is 497 g/mol. The molecule has 0 unspecified atom stereocenters. The number of ether oxygens (including phenoxy) is 2. The van der Waals surface area contributed by atoms with E-state index in [1.165, 1.54) is 40.5 Å². The van der Waals surface area contributed by atoms with Gasteiger partial charge >= 0.3 is 5.97 Å². The summed E-state index contributed by atoms with van der Waals surface area (Å²) in [6.45, 7) is 8.15. The highest BCUT2D eigenvalue weighted by atomic mass is 16.5. The van der Waals surface area contributed by atoms with Crippen LogP contribution in [0.25, 0.3) is 0 Å². The number of hydrogen-bond acceptors (Lipinski definition) is 6. The van der Waals surface area contributed by atoms with E-state index in [9.17, 15) is 14.4 Å². The third-order valence-electron chi connectivity index (χ3n) is 7.65. The van der Waals surface area contributed by atoms with Gasteiger partial charge in [-0.1, -0.05) is 44.7 Å². The second-order valence-corrected chi connectivity index (χ2v) is 10.7. The van der Waals surface area contributed by atoms with E-state index in [1.54, 1.807) is 0 Å². The first-order valence-corrected chi connectivity index (χ1v) is 13.1. The normalized spacial score (nSPS) is 23.1. The highest BCUT2D eigenvalue weighted by Crippen LogP contribution is 2.37. The van der Waals surface area contributed by atoms with Crippen LogP contribution in [0.1, 0.15) is 62.6 Å². The van der Waals surface area contributed by atoms with Crippen LogP contribution in [0.5, 0.6) is 0 Å². The number of amides is 2. The molecule has 36 heavy (non-hydrogen) atoms. The highest BCUT2D eigenvalue weighted by molar-refractivity contribution is 5.95. The number of hydrogen-bond donors (Lipinski definition) is 2. The van der Waals surface area contributed by atoms with Crippen LogP contribution in [0, 0.1) is 5.92 Å². The largest absolute Gasteiger partial charge is 0.460 e. The van der Waals surface area contributed by atoms with Crippen molar-refractivity contribution in [3.8, 4) is 0 Å². The van der Waals surface area contributed by atoms with Gasteiger partial charge in [0.1, 0.15) is 18.2 Å². The maximum absolute atomic E-state index is 13.4. The van der Waals surface area contributed by atoms with E-state index in [4.69, 9.17) is 15.2 Å². The Labute approximate surface area is 213 Å². The van der Waals surface area contributed by atoms with Gasteiger partial charge in [-0.15, -0.1) is 0 Å². The summed E-state index contributed by atoms with van der Waals surface area (Å²) in [5.74, 6) is -1.17. The molecule has 8 heteroatoms. The zero-order chi connectivity index (χ0) is 25.9. The van der Waals surface area contributed by atoms with E-state index >= 15 is 0 Å². The van der Waals surface area contributed by atoms with Crippen molar-refractivity contribution < 1.29 is 23.9 Å². The molecule has 0 radical (unpaired) electrons. The number of nitrogens with two attached hydrogens (primary N) is 1. The number of aryl methyl sites for hydroxylation is 1. The molecule has 0 bridgehead atoms. The fourth-order valence-corrected chi connectivity index (χ4v) is 5.19. The summed E-state index contributed by atoms with van der Waals surface area (Å²) in [5.41, 5.74) is 9.11. The Morgan fingerprint density at radius 1 is 1.25 bits per heavy atom. The molecule has 1 aliphatic heterocycles. The molecule has 1 saturated carbocycles. The fourth-order valence-electron chi connectivity index (χ4n) is 5.19. The summed E-state index contributed by atoms with van der Waals surface area (Å²) in [7, 11) is 0. The van der Waals surface area contributed by atoms with Gasteiger partial charge in [0.2, 0.25) is 11.8 Å². The lowest BCUT2D eigenvalue weighted by Gasteiger charge is -2.29. The summed E-state index contributed by atoms with van der Waals surface area (Å²) in [4.78, 5) is 40.6. The molecular weight excluding hydrogens is 458 g/mol. The second kappa shape index (κ2) is 11.1. The van der Waals surface area contributed by atoms with Crippen molar-refractivity contribution in [3.63, 3.8) is 0 Å². The summed E-state index contributed by atoms with van der Waals surface area (Å²) >= 11 is 0. The molecular formula is C28H39N3O5. The van der Waals surface area contributed by atoms with E-state index in [0.717, 1.165) is 12.8 Å². The molecule has 3 aliphatic rings. The van der Waals surface area contributed by atoms with Crippen molar-refractivity contribution >= 4 is 17.8 Å². The van der Waals surface area contributed by atoms with Crippen molar-refractivity contribution in [3.05, 3.63) is 47.5 Å². The molecule has 1 aromatic carbocycles. The van der Waals surface area contributed by atoms with Crippen molar-refractivity contribution in [1.29, 1.82) is 0 Å². The Balaban J connectivity index is 1.46. The van der Waals surface area contributed by atoms with Crippen molar-refractivity contribution in [2.45, 2.75) is 89.1 Å². The van der Waals surface area contributed by atoms with E-state index in [2.05, 4.69) is 30.1 Å². The molecule has 1 saturated heterocycles. The molecule has 1 aromatic rings. The van der Waals surface area contributed by atoms with Gasteiger partial charge in [-0.3, -0.25) is 9.59 Å². The van der Waals surface area contributed by atoms with Crippen LogP contribution in [0.4, 0.5) is 0 Å². The van der Waals surface area contributed by atoms with Gasteiger partial charge in [-0.05, 0) is 61.1 Å². The van der Waals surface area contributed by atoms with E-state index in [1.807, 2.05) is 13.8 Å². The molecule has 3 N–H and O–H groups in total. The number of carbonyl (C=O) groups excluding carboxylic acids is 3. The highest BCUT2D eigenvalue weighted by Gasteiger charge is 2.54. The molecule has 8 nitrogen and oxygen atoms in total. The van der Waals surface area contributed by atoms with Crippen molar-refractivity contribution in [2.75, 3.05) is 13.2 Å². The Bertz CT molecular complexity index is 1000. The standard InChI is InChI=1S/C28H39N3O5/c1-4-14-35-27(34)28(12-13-28)30-25(32)23-15-21(16-31(23)26(33)24(29)18(2)3)36-17-20-10-7-9-19-8-5-6-11-22(19)20/h4,7,9-10,18,21,23-24H,1,5-6,8,11-17,29H2,2-3H3,(H,30,32)/t21-,23+,24+/m1/s1. The first-order valence-electron chi connectivity index (χ1n) is 13.1. The Morgan fingerprint density at radius 2 is 2.00 bits per heavy atom. The molecule has 0 spiro atoms. The third kappa shape index (κ3) is 5.65. The lowest BCUT2D eigenvalue weighted by atomic mass is 9.88. The number of nitrogens with zero attached hydrogens (tertiary/aromatic N) is 1. The summed E-state index contributed by atoms with van der Waals surface area (Å²) in [5, 5.41) is 2.87. The van der Waals surface area contributed by atoms with Crippen LogP contribution in [-0.2, 0) is 43.3 Å². The number of benzene rings is 1. The first kappa shape index (κ1) is 26.4. The van der Waals surface area contributed by atoms with Gasteiger partial charge in [0.15, 0.2) is 0 Å². The van der Waals surface area contributed by atoms with Gasteiger partial charge < -0.3 is 25.4 Å². The SMILES string of the molecule is C=CCOC(=O)C1(NC(=O)[C@@H]2C[C@@H](OCc3cccc4c3CCCC4)CN2C(=O)[C@@H](N)C(C)C)CC1. The molecule has 2 amide bonds. The number of likely N-dealkylation sites (tertiary alicyclic amines) is 1. The predicted molar refractivity (Wildman–Crippen MR) is 136 cm³/mol. The van der Waals surface area contributed by atoms with Crippen LogP contribution < -0.4 is 11.1 Å².